The lowest BCUT2D eigenvalue weighted by Gasteiger charge is -2.14. The number of nitrogens with two attached hydrogens (primary N) is 1. The highest BCUT2D eigenvalue weighted by atomic mass is 32.2. The summed E-state index contributed by atoms with van der Waals surface area (Å²) in [4.78, 5) is 4.15. The molecule has 5 heteroatoms. The van der Waals surface area contributed by atoms with Crippen LogP contribution < -0.4 is 11.1 Å². The molecule has 0 aromatic carbocycles. The van der Waals surface area contributed by atoms with Crippen LogP contribution in [-0.2, 0) is 0 Å². The second-order valence-electron chi connectivity index (χ2n) is 4.01. The molecule has 1 aromatic heterocycles. The van der Waals surface area contributed by atoms with Crippen LogP contribution in [0.15, 0.2) is 12.3 Å². The Kier molecular flexibility index (Phi) is 2.92. The van der Waals surface area contributed by atoms with Crippen molar-refractivity contribution >= 4 is 23.3 Å². The van der Waals surface area contributed by atoms with Crippen LogP contribution in [0.5, 0.6) is 0 Å². The van der Waals surface area contributed by atoms with Gasteiger partial charge in [0.05, 0.1) is 11.3 Å². The van der Waals surface area contributed by atoms with Crippen LogP contribution in [0.4, 0.5) is 11.5 Å². The summed E-state index contributed by atoms with van der Waals surface area (Å²) in [6.07, 6.45) is 6.16. The second kappa shape index (κ2) is 4.22. The van der Waals surface area contributed by atoms with Crippen LogP contribution in [0.3, 0.4) is 0 Å². The van der Waals surface area contributed by atoms with Gasteiger partial charge in [-0.25, -0.2) is 4.98 Å². The van der Waals surface area contributed by atoms with E-state index in [1.54, 1.807) is 6.07 Å². The highest BCUT2D eigenvalue weighted by Gasteiger charge is 2.41. The molecule has 0 aliphatic heterocycles. The number of thioether (sulfide) groups is 1. The number of aromatic nitrogens is 1. The molecule has 0 bridgehead atoms. The molecule has 4 nitrogen and oxygen atoms in total. The fourth-order valence-corrected chi connectivity index (χ4v) is 2.25. The average Bonchev–Trinajstić information content (AvgIpc) is 3.08. The zero-order valence-electron chi connectivity index (χ0n) is 9.16. The van der Waals surface area contributed by atoms with Gasteiger partial charge in [0.1, 0.15) is 11.9 Å². The average molecular weight is 234 g/mol. The Morgan fingerprint density at radius 3 is 2.94 bits per heavy atom. The van der Waals surface area contributed by atoms with Crippen LogP contribution in [0.1, 0.15) is 18.4 Å². The number of hydrogen-bond acceptors (Lipinski definition) is 5. The van der Waals surface area contributed by atoms with Crippen molar-refractivity contribution in [3.63, 3.8) is 0 Å². The SMILES string of the molecule is CSC1(CNc2ncc(C#N)cc2N)CC1. The largest absolute Gasteiger partial charge is 0.396 e. The maximum Gasteiger partial charge on any atom is 0.149 e. The first kappa shape index (κ1) is 11.1. The quantitative estimate of drug-likeness (QED) is 0.831. The minimum atomic E-state index is 0.377. The number of nitrogens with one attached hydrogen (secondary N) is 1. The Hall–Kier alpha value is -1.41. The van der Waals surface area contributed by atoms with Gasteiger partial charge in [0, 0.05) is 17.5 Å². The van der Waals surface area contributed by atoms with Gasteiger partial charge in [-0.3, -0.25) is 0 Å². The van der Waals surface area contributed by atoms with E-state index in [1.807, 2.05) is 17.8 Å². The number of nitriles is 1. The summed E-state index contributed by atoms with van der Waals surface area (Å²) in [5.41, 5.74) is 6.84. The van der Waals surface area contributed by atoms with Crippen molar-refractivity contribution in [2.45, 2.75) is 17.6 Å². The van der Waals surface area contributed by atoms with Crippen LogP contribution in [0.25, 0.3) is 0 Å². The molecule has 2 rings (SSSR count). The third-order valence-electron chi connectivity index (χ3n) is 2.86. The Morgan fingerprint density at radius 1 is 1.69 bits per heavy atom. The van der Waals surface area contributed by atoms with Gasteiger partial charge in [0.25, 0.3) is 0 Å². The number of rotatable bonds is 4. The Morgan fingerprint density at radius 2 is 2.44 bits per heavy atom. The Labute approximate surface area is 99.2 Å². The first-order valence-corrected chi connectivity index (χ1v) is 6.36. The summed E-state index contributed by atoms with van der Waals surface area (Å²) >= 11 is 1.89. The molecule has 1 heterocycles. The second-order valence-corrected chi connectivity index (χ2v) is 5.29. The maximum atomic E-state index is 8.69. The fraction of sp³-hybridized carbons (Fsp3) is 0.455. The number of anilines is 2. The van der Waals surface area contributed by atoms with Gasteiger partial charge in [-0.1, -0.05) is 0 Å². The van der Waals surface area contributed by atoms with Gasteiger partial charge in [-0.15, -0.1) is 0 Å². The van der Waals surface area contributed by atoms with Crippen LogP contribution >= 0.6 is 11.8 Å². The van der Waals surface area contributed by atoms with Crippen molar-refractivity contribution in [3.05, 3.63) is 17.8 Å². The van der Waals surface area contributed by atoms with Crippen LogP contribution in [-0.4, -0.2) is 22.5 Å². The fourth-order valence-electron chi connectivity index (χ4n) is 1.53. The lowest BCUT2D eigenvalue weighted by molar-refractivity contribution is 0.941. The normalized spacial score (nSPS) is 16.5. The van der Waals surface area contributed by atoms with E-state index < -0.39 is 0 Å². The molecule has 0 amide bonds. The molecular formula is C11H14N4S. The predicted octanol–water partition coefficient (Wildman–Crippen LogP) is 1.84. The molecule has 1 fully saturated rings. The van der Waals surface area contributed by atoms with Crippen molar-refractivity contribution in [2.24, 2.45) is 0 Å². The predicted molar refractivity (Wildman–Crippen MR) is 67.3 cm³/mol. The molecule has 0 saturated heterocycles. The molecule has 1 saturated carbocycles. The van der Waals surface area contributed by atoms with Crippen molar-refractivity contribution in [2.75, 3.05) is 23.9 Å². The first-order valence-electron chi connectivity index (χ1n) is 5.14. The molecule has 0 unspecified atom stereocenters. The summed E-state index contributed by atoms with van der Waals surface area (Å²) in [6.45, 7) is 0.886. The van der Waals surface area contributed by atoms with Crippen molar-refractivity contribution in [1.29, 1.82) is 5.26 Å². The van der Waals surface area contributed by atoms with E-state index in [0.29, 0.717) is 21.8 Å². The zero-order valence-corrected chi connectivity index (χ0v) is 9.97. The van der Waals surface area contributed by atoms with Crippen molar-refractivity contribution in [3.8, 4) is 6.07 Å². The van der Waals surface area contributed by atoms with Gasteiger partial charge in [-0.05, 0) is 25.2 Å². The standard InChI is InChI=1S/C11H14N4S/c1-16-11(2-3-11)7-15-10-9(13)4-8(5-12)6-14-10/h4,6H,2-3,7,13H2,1H3,(H,14,15). The van der Waals surface area contributed by atoms with E-state index >= 15 is 0 Å². The van der Waals surface area contributed by atoms with Gasteiger partial charge < -0.3 is 11.1 Å². The van der Waals surface area contributed by atoms with E-state index in [-0.39, 0.29) is 0 Å². The van der Waals surface area contributed by atoms with E-state index in [9.17, 15) is 0 Å². The van der Waals surface area contributed by atoms with Gasteiger partial charge in [0.2, 0.25) is 0 Å². The minimum Gasteiger partial charge on any atom is -0.396 e. The molecule has 0 atom stereocenters. The molecular weight excluding hydrogens is 220 g/mol. The third kappa shape index (κ3) is 2.22. The van der Waals surface area contributed by atoms with Gasteiger partial charge in [-0.2, -0.15) is 17.0 Å². The maximum absolute atomic E-state index is 8.69. The highest BCUT2D eigenvalue weighted by Crippen LogP contribution is 2.47. The molecule has 16 heavy (non-hydrogen) atoms. The molecule has 3 N–H and O–H groups in total. The third-order valence-corrected chi connectivity index (χ3v) is 4.28. The molecule has 1 aliphatic rings. The summed E-state index contributed by atoms with van der Waals surface area (Å²) < 4.78 is 0.377. The number of nitrogen functional groups attached to an aromatic ring is 1. The summed E-state index contributed by atoms with van der Waals surface area (Å²) in [6, 6.07) is 3.66. The molecule has 84 valence electrons. The van der Waals surface area contributed by atoms with Crippen LogP contribution in [0.2, 0.25) is 0 Å². The summed E-state index contributed by atoms with van der Waals surface area (Å²) in [5.74, 6) is 0.680. The molecule has 0 spiro atoms. The topological polar surface area (TPSA) is 74.7 Å². The minimum absolute atomic E-state index is 0.377. The van der Waals surface area contributed by atoms with Gasteiger partial charge >= 0.3 is 0 Å². The number of hydrogen-bond donors (Lipinski definition) is 2. The van der Waals surface area contributed by atoms with Crippen molar-refractivity contribution < 1.29 is 0 Å². The van der Waals surface area contributed by atoms with Crippen molar-refractivity contribution in [1.82, 2.24) is 4.98 Å². The molecule has 0 radical (unpaired) electrons. The highest BCUT2D eigenvalue weighted by molar-refractivity contribution is 8.00. The number of nitrogens with zero attached hydrogens (tertiary/aromatic N) is 2. The van der Waals surface area contributed by atoms with E-state index in [2.05, 4.69) is 16.6 Å². The summed E-state index contributed by atoms with van der Waals surface area (Å²) in [7, 11) is 0. The van der Waals surface area contributed by atoms with E-state index in [0.717, 1.165) is 6.54 Å². The lowest BCUT2D eigenvalue weighted by Crippen LogP contribution is -2.18. The zero-order chi connectivity index (χ0) is 11.6. The van der Waals surface area contributed by atoms with Crippen LogP contribution in [0, 0.1) is 11.3 Å². The van der Waals surface area contributed by atoms with Gasteiger partial charge in [0.15, 0.2) is 0 Å². The Balaban J connectivity index is 2.02. The monoisotopic (exact) mass is 234 g/mol. The van der Waals surface area contributed by atoms with E-state index in [4.69, 9.17) is 11.0 Å². The molecule has 1 aromatic rings. The molecule has 1 aliphatic carbocycles. The lowest BCUT2D eigenvalue weighted by atomic mass is 10.2. The Bertz CT molecular complexity index is 434. The first-order chi connectivity index (χ1) is 7.69. The van der Waals surface area contributed by atoms with E-state index in [1.165, 1.54) is 19.0 Å². The number of pyridine rings is 1. The smallest absolute Gasteiger partial charge is 0.149 e. The summed E-state index contributed by atoms with van der Waals surface area (Å²) in [5, 5.41) is 11.9.